The zero-order valence-electron chi connectivity index (χ0n) is 5.71. The number of ketones is 1. The molecule has 0 radical (unpaired) electrons. The van der Waals surface area contributed by atoms with Crippen LogP contribution in [0.25, 0.3) is 0 Å². The van der Waals surface area contributed by atoms with Crippen LogP contribution in [-0.2, 0) is 4.79 Å². The van der Waals surface area contributed by atoms with Gasteiger partial charge in [-0.2, -0.15) is 0 Å². The quantitative estimate of drug-likeness (QED) is 0.549. The third-order valence-corrected chi connectivity index (χ3v) is 2.55. The van der Waals surface area contributed by atoms with Crippen LogP contribution in [0.4, 0.5) is 0 Å². The number of carbonyl (C=O) groups is 1. The van der Waals surface area contributed by atoms with Crippen molar-refractivity contribution in [3.8, 4) is 0 Å². The predicted molar refractivity (Wildman–Crippen MR) is 36.5 cm³/mol. The average molecular weight is 138 g/mol. The number of rotatable bonds is 0. The number of carbonyl (C=O) groups excluding carboxylic acids is 1. The number of allylic oxidation sites excluding steroid dienone is 2. The molecule has 0 aromatic carbocycles. The maximum atomic E-state index is 11.0. The first-order valence-corrected chi connectivity index (χ1v) is 3.73. The first kappa shape index (κ1) is 5.96. The molecule has 2 atom stereocenters. The van der Waals surface area contributed by atoms with E-state index in [9.17, 15) is 9.90 Å². The van der Waals surface area contributed by atoms with Crippen LogP contribution in [0.3, 0.4) is 0 Å². The van der Waals surface area contributed by atoms with Gasteiger partial charge in [-0.15, -0.1) is 0 Å². The first-order chi connectivity index (χ1) is 4.79. The summed E-state index contributed by atoms with van der Waals surface area (Å²) in [6.45, 7) is 0. The minimum atomic E-state index is 0.139. The molecule has 1 saturated carbocycles. The van der Waals surface area contributed by atoms with Crippen molar-refractivity contribution in [1.82, 2.24) is 0 Å². The molecule has 0 bridgehead atoms. The van der Waals surface area contributed by atoms with Crippen LogP contribution in [0.2, 0.25) is 0 Å². The number of aliphatic hydroxyl groups is 1. The molecule has 0 saturated heterocycles. The second-order valence-electron chi connectivity index (χ2n) is 3.12. The molecule has 10 heavy (non-hydrogen) atoms. The van der Waals surface area contributed by atoms with E-state index < -0.39 is 0 Å². The van der Waals surface area contributed by atoms with Gasteiger partial charge < -0.3 is 5.11 Å². The van der Waals surface area contributed by atoms with Crippen LogP contribution in [0, 0.1) is 11.8 Å². The Morgan fingerprint density at radius 2 is 2.10 bits per heavy atom. The van der Waals surface area contributed by atoms with Crippen molar-refractivity contribution in [2.75, 3.05) is 0 Å². The van der Waals surface area contributed by atoms with E-state index in [2.05, 4.69) is 0 Å². The van der Waals surface area contributed by atoms with Crippen molar-refractivity contribution < 1.29 is 9.90 Å². The van der Waals surface area contributed by atoms with Crippen LogP contribution in [0.1, 0.15) is 19.3 Å². The largest absolute Gasteiger partial charge is 0.512 e. The van der Waals surface area contributed by atoms with Gasteiger partial charge in [0.05, 0.1) is 5.76 Å². The van der Waals surface area contributed by atoms with Gasteiger partial charge in [0, 0.05) is 17.9 Å². The second kappa shape index (κ2) is 1.84. The van der Waals surface area contributed by atoms with Crippen molar-refractivity contribution in [2.45, 2.75) is 19.3 Å². The van der Waals surface area contributed by atoms with Crippen LogP contribution < -0.4 is 0 Å². The SMILES string of the molecule is O=C1C=C(O)C2CCCC12. The van der Waals surface area contributed by atoms with Crippen LogP contribution in [-0.4, -0.2) is 10.9 Å². The lowest BCUT2D eigenvalue weighted by Gasteiger charge is -2.06. The van der Waals surface area contributed by atoms with Crippen molar-refractivity contribution >= 4 is 5.78 Å². The van der Waals surface area contributed by atoms with Crippen molar-refractivity contribution in [3.05, 3.63) is 11.8 Å². The molecule has 0 aromatic heterocycles. The Morgan fingerprint density at radius 3 is 2.80 bits per heavy atom. The summed E-state index contributed by atoms with van der Waals surface area (Å²) in [5, 5.41) is 9.21. The molecule has 2 unspecified atom stereocenters. The highest BCUT2D eigenvalue weighted by Gasteiger charge is 2.39. The van der Waals surface area contributed by atoms with E-state index >= 15 is 0 Å². The molecule has 0 aliphatic heterocycles. The van der Waals surface area contributed by atoms with E-state index in [1.807, 2.05) is 0 Å². The van der Waals surface area contributed by atoms with Gasteiger partial charge in [-0.1, -0.05) is 6.42 Å². The summed E-state index contributed by atoms with van der Waals surface area (Å²) in [6.07, 6.45) is 4.47. The van der Waals surface area contributed by atoms with Crippen molar-refractivity contribution in [3.63, 3.8) is 0 Å². The zero-order chi connectivity index (χ0) is 7.14. The minimum absolute atomic E-state index is 0.139. The maximum absolute atomic E-state index is 11.0. The van der Waals surface area contributed by atoms with E-state index in [1.165, 1.54) is 6.08 Å². The maximum Gasteiger partial charge on any atom is 0.162 e. The van der Waals surface area contributed by atoms with E-state index in [0.717, 1.165) is 19.3 Å². The first-order valence-electron chi connectivity index (χ1n) is 3.73. The Labute approximate surface area is 59.5 Å². The van der Waals surface area contributed by atoms with E-state index in [-0.39, 0.29) is 17.6 Å². The molecule has 1 fully saturated rings. The van der Waals surface area contributed by atoms with Gasteiger partial charge in [0.25, 0.3) is 0 Å². The van der Waals surface area contributed by atoms with Gasteiger partial charge >= 0.3 is 0 Å². The Balaban J connectivity index is 2.29. The van der Waals surface area contributed by atoms with Crippen LogP contribution in [0.15, 0.2) is 11.8 Å². The summed E-state index contributed by atoms with van der Waals surface area (Å²) in [5.74, 6) is 0.792. The third-order valence-electron chi connectivity index (χ3n) is 2.55. The molecule has 1 N–H and O–H groups in total. The second-order valence-corrected chi connectivity index (χ2v) is 3.12. The number of aliphatic hydroxyl groups excluding tert-OH is 1. The smallest absolute Gasteiger partial charge is 0.162 e. The fourth-order valence-corrected chi connectivity index (χ4v) is 2.01. The molecule has 2 aliphatic rings. The molecule has 0 spiro atoms. The molecular weight excluding hydrogens is 128 g/mol. The van der Waals surface area contributed by atoms with Gasteiger partial charge in [0.2, 0.25) is 0 Å². The molecule has 2 nitrogen and oxygen atoms in total. The Bertz CT molecular complexity index is 205. The Hall–Kier alpha value is -0.790. The highest BCUT2D eigenvalue weighted by atomic mass is 16.3. The van der Waals surface area contributed by atoms with Crippen LogP contribution in [0.5, 0.6) is 0 Å². The Morgan fingerprint density at radius 1 is 1.40 bits per heavy atom. The summed E-state index contributed by atoms with van der Waals surface area (Å²) >= 11 is 0. The predicted octanol–water partition coefficient (Wildman–Crippen LogP) is 1.43. The summed E-state index contributed by atoms with van der Waals surface area (Å²) in [4.78, 5) is 11.0. The Kier molecular flexibility index (Phi) is 1.10. The molecule has 2 heteroatoms. The molecule has 2 rings (SSSR count). The van der Waals surface area contributed by atoms with Gasteiger partial charge in [-0.3, -0.25) is 4.79 Å². The fourth-order valence-electron chi connectivity index (χ4n) is 2.01. The summed E-state index contributed by atoms with van der Waals surface area (Å²) in [6, 6.07) is 0. The molecule has 0 aromatic rings. The van der Waals surface area contributed by atoms with Crippen molar-refractivity contribution in [2.24, 2.45) is 11.8 Å². The highest BCUT2D eigenvalue weighted by molar-refractivity contribution is 5.95. The number of fused-ring (bicyclic) bond motifs is 1. The topological polar surface area (TPSA) is 37.3 Å². The normalized spacial score (nSPS) is 38.0. The molecule has 54 valence electrons. The molecule has 0 heterocycles. The standard InChI is InChI=1S/C8H10O2/c9-7-4-8(10)6-3-1-2-5(6)7/h4-6,9H,1-3H2. The summed E-state index contributed by atoms with van der Waals surface area (Å²) < 4.78 is 0. The third kappa shape index (κ3) is 0.618. The van der Waals surface area contributed by atoms with Crippen LogP contribution >= 0.6 is 0 Å². The van der Waals surface area contributed by atoms with Gasteiger partial charge in [-0.25, -0.2) is 0 Å². The average Bonchev–Trinajstić information content (AvgIpc) is 2.39. The van der Waals surface area contributed by atoms with E-state index in [1.54, 1.807) is 0 Å². The van der Waals surface area contributed by atoms with Crippen molar-refractivity contribution in [1.29, 1.82) is 0 Å². The lowest BCUT2D eigenvalue weighted by Crippen LogP contribution is -2.09. The number of hydrogen-bond donors (Lipinski definition) is 1. The minimum Gasteiger partial charge on any atom is -0.512 e. The summed E-state index contributed by atoms with van der Waals surface area (Å²) in [5.41, 5.74) is 0. The monoisotopic (exact) mass is 138 g/mol. The molecule has 0 amide bonds. The lowest BCUT2D eigenvalue weighted by molar-refractivity contribution is -0.117. The number of hydrogen-bond acceptors (Lipinski definition) is 2. The summed E-state index contributed by atoms with van der Waals surface area (Å²) in [7, 11) is 0. The zero-order valence-corrected chi connectivity index (χ0v) is 5.71. The molecular formula is C8H10O2. The van der Waals surface area contributed by atoms with E-state index in [4.69, 9.17) is 0 Å². The van der Waals surface area contributed by atoms with E-state index in [0.29, 0.717) is 5.76 Å². The molecule has 2 aliphatic carbocycles. The van der Waals surface area contributed by atoms with Gasteiger partial charge in [-0.05, 0) is 12.8 Å². The van der Waals surface area contributed by atoms with Gasteiger partial charge in [0.1, 0.15) is 0 Å². The fraction of sp³-hybridized carbons (Fsp3) is 0.625. The lowest BCUT2D eigenvalue weighted by atomic mass is 9.98. The van der Waals surface area contributed by atoms with Gasteiger partial charge in [0.15, 0.2) is 5.78 Å². The highest BCUT2D eigenvalue weighted by Crippen LogP contribution is 2.40.